The van der Waals surface area contributed by atoms with Gasteiger partial charge < -0.3 is 5.11 Å². The molecule has 0 fully saturated rings. The highest BCUT2D eigenvalue weighted by Gasteiger charge is 2.22. The zero-order chi connectivity index (χ0) is 13.9. The summed E-state index contributed by atoms with van der Waals surface area (Å²) >= 11 is 0. The molecule has 3 nitrogen and oxygen atoms in total. The molecule has 1 N–H and O–H groups in total. The maximum absolute atomic E-state index is 11.0. The fraction of sp³-hybridized carbons (Fsp3) is 0.533. The average molecular weight is 249 g/mol. The summed E-state index contributed by atoms with van der Waals surface area (Å²) in [7, 11) is 0. The van der Waals surface area contributed by atoms with Crippen LogP contribution in [0.15, 0.2) is 18.2 Å². The first-order valence-corrected chi connectivity index (χ1v) is 6.37. The molecule has 0 saturated carbocycles. The van der Waals surface area contributed by atoms with Gasteiger partial charge in [-0.25, -0.2) is 0 Å². The van der Waals surface area contributed by atoms with Gasteiger partial charge in [0.25, 0.3) is 0 Å². The van der Waals surface area contributed by atoms with E-state index in [0.29, 0.717) is 0 Å². The first-order valence-electron chi connectivity index (χ1n) is 6.37. The van der Waals surface area contributed by atoms with Crippen LogP contribution in [0.3, 0.4) is 0 Å². The number of nitrogens with zero attached hydrogens (tertiary/aromatic N) is 1. The maximum atomic E-state index is 11.0. The summed E-state index contributed by atoms with van der Waals surface area (Å²) in [6, 6.07) is 6.65. The Labute approximate surface area is 109 Å². The van der Waals surface area contributed by atoms with Gasteiger partial charge in [-0.2, -0.15) is 0 Å². The third-order valence-corrected chi connectivity index (χ3v) is 3.36. The van der Waals surface area contributed by atoms with Crippen LogP contribution in [-0.4, -0.2) is 28.6 Å². The van der Waals surface area contributed by atoms with E-state index in [2.05, 4.69) is 39.0 Å². The molecule has 0 aromatic heterocycles. The molecule has 1 unspecified atom stereocenters. The molecule has 1 rings (SSSR count). The average Bonchev–Trinajstić information content (AvgIpc) is 2.27. The van der Waals surface area contributed by atoms with E-state index in [1.807, 2.05) is 18.7 Å². The smallest absolute Gasteiger partial charge is 0.317 e. The first-order chi connectivity index (χ1) is 8.32. The van der Waals surface area contributed by atoms with Crippen LogP contribution in [0.1, 0.15) is 43.5 Å². The molecule has 1 aromatic carbocycles. The second-order valence-corrected chi connectivity index (χ2v) is 5.20. The molecule has 0 aliphatic rings. The Morgan fingerprint density at radius 3 is 2.39 bits per heavy atom. The molecule has 1 aromatic rings. The van der Waals surface area contributed by atoms with E-state index in [0.717, 1.165) is 0 Å². The lowest BCUT2D eigenvalue weighted by atomic mass is 9.98. The van der Waals surface area contributed by atoms with Gasteiger partial charge in [0.15, 0.2) is 0 Å². The molecule has 1 atom stereocenters. The predicted molar refractivity (Wildman–Crippen MR) is 73.8 cm³/mol. The summed E-state index contributed by atoms with van der Waals surface area (Å²) in [4.78, 5) is 13.0. The fourth-order valence-electron chi connectivity index (χ4n) is 2.31. The third-order valence-electron chi connectivity index (χ3n) is 3.36. The summed E-state index contributed by atoms with van der Waals surface area (Å²) in [5, 5.41) is 9.01. The van der Waals surface area contributed by atoms with Crippen molar-refractivity contribution in [2.24, 2.45) is 0 Å². The van der Waals surface area contributed by atoms with E-state index in [1.165, 1.54) is 16.7 Å². The van der Waals surface area contributed by atoms with Crippen LogP contribution >= 0.6 is 0 Å². The molecule has 0 bridgehead atoms. The highest BCUT2D eigenvalue weighted by Crippen LogP contribution is 2.26. The first kappa shape index (κ1) is 14.7. The summed E-state index contributed by atoms with van der Waals surface area (Å²) in [5.74, 6) is -0.777. The monoisotopic (exact) mass is 249 g/mol. The van der Waals surface area contributed by atoms with Crippen LogP contribution in [0.2, 0.25) is 0 Å². The number of carboxylic acid groups (broad SMARTS) is 1. The lowest BCUT2D eigenvalue weighted by Crippen LogP contribution is -2.38. The van der Waals surface area contributed by atoms with Crippen molar-refractivity contribution >= 4 is 5.97 Å². The van der Waals surface area contributed by atoms with Crippen molar-refractivity contribution in [2.75, 3.05) is 6.54 Å². The van der Waals surface area contributed by atoms with Crippen molar-refractivity contribution < 1.29 is 9.90 Å². The summed E-state index contributed by atoms with van der Waals surface area (Å²) < 4.78 is 0. The van der Waals surface area contributed by atoms with Gasteiger partial charge in [-0.1, -0.05) is 23.8 Å². The number of benzene rings is 1. The summed E-state index contributed by atoms with van der Waals surface area (Å²) in [6.45, 7) is 10.4. The largest absolute Gasteiger partial charge is 0.480 e. The normalized spacial score (nSPS) is 13.1. The van der Waals surface area contributed by atoms with Crippen molar-refractivity contribution in [2.45, 2.75) is 46.7 Å². The van der Waals surface area contributed by atoms with Crippen LogP contribution in [-0.2, 0) is 4.79 Å². The zero-order valence-corrected chi connectivity index (χ0v) is 11.9. The Hall–Kier alpha value is -1.35. The van der Waals surface area contributed by atoms with Gasteiger partial charge in [-0.15, -0.1) is 0 Å². The minimum Gasteiger partial charge on any atom is -0.480 e. The predicted octanol–water partition coefficient (Wildman–Crippen LogP) is 3.16. The Bertz CT molecular complexity index is 427. The highest BCUT2D eigenvalue weighted by atomic mass is 16.4. The van der Waals surface area contributed by atoms with E-state index in [4.69, 9.17) is 5.11 Å². The Kier molecular flexibility index (Phi) is 4.91. The molecule has 0 aliphatic heterocycles. The molecular formula is C15H23NO2. The molecule has 0 spiro atoms. The SMILES string of the molecule is Cc1ccc(C)c(C(C)N(CC(=O)O)C(C)C)c1. The Morgan fingerprint density at radius 2 is 1.89 bits per heavy atom. The van der Waals surface area contributed by atoms with E-state index < -0.39 is 5.97 Å². The zero-order valence-electron chi connectivity index (χ0n) is 11.9. The fourth-order valence-corrected chi connectivity index (χ4v) is 2.31. The Morgan fingerprint density at radius 1 is 1.28 bits per heavy atom. The molecule has 0 amide bonds. The number of hydrogen-bond donors (Lipinski definition) is 1. The van der Waals surface area contributed by atoms with Crippen LogP contribution in [0.5, 0.6) is 0 Å². The van der Waals surface area contributed by atoms with Crippen LogP contribution in [0.25, 0.3) is 0 Å². The quantitative estimate of drug-likeness (QED) is 0.871. The number of aliphatic carboxylic acids is 1. The lowest BCUT2D eigenvalue weighted by Gasteiger charge is -2.32. The van der Waals surface area contributed by atoms with E-state index >= 15 is 0 Å². The third kappa shape index (κ3) is 3.57. The van der Waals surface area contributed by atoms with Gasteiger partial charge in [-0.3, -0.25) is 9.69 Å². The molecule has 0 saturated heterocycles. The van der Waals surface area contributed by atoms with Crippen LogP contribution < -0.4 is 0 Å². The lowest BCUT2D eigenvalue weighted by molar-refractivity contribution is -0.139. The van der Waals surface area contributed by atoms with Crippen LogP contribution in [0.4, 0.5) is 0 Å². The minimum absolute atomic E-state index is 0.0756. The standard InChI is InChI=1S/C15H23NO2/c1-10(2)16(9-15(17)18)13(5)14-8-11(3)6-7-12(14)4/h6-8,10,13H,9H2,1-5H3,(H,17,18). The van der Waals surface area contributed by atoms with E-state index in [-0.39, 0.29) is 18.6 Å². The number of hydrogen-bond acceptors (Lipinski definition) is 2. The maximum Gasteiger partial charge on any atom is 0.317 e. The molecule has 3 heteroatoms. The van der Waals surface area contributed by atoms with Crippen molar-refractivity contribution in [1.82, 2.24) is 4.90 Å². The molecule has 0 radical (unpaired) electrons. The molecular weight excluding hydrogens is 226 g/mol. The molecule has 0 aliphatic carbocycles. The van der Waals surface area contributed by atoms with Gasteiger partial charge in [-0.05, 0) is 45.7 Å². The van der Waals surface area contributed by atoms with Gasteiger partial charge in [0.2, 0.25) is 0 Å². The van der Waals surface area contributed by atoms with Gasteiger partial charge in [0.1, 0.15) is 0 Å². The van der Waals surface area contributed by atoms with Gasteiger partial charge in [0.05, 0.1) is 6.54 Å². The van der Waals surface area contributed by atoms with Crippen molar-refractivity contribution in [3.63, 3.8) is 0 Å². The van der Waals surface area contributed by atoms with E-state index in [1.54, 1.807) is 0 Å². The number of carboxylic acids is 1. The molecule has 18 heavy (non-hydrogen) atoms. The van der Waals surface area contributed by atoms with E-state index in [9.17, 15) is 4.79 Å². The van der Waals surface area contributed by atoms with Gasteiger partial charge >= 0.3 is 5.97 Å². The minimum atomic E-state index is -0.777. The molecule has 0 heterocycles. The topological polar surface area (TPSA) is 40.5 Å². The van der Waals surface area contributed by atoms with Crippen molar-refractivity contribution in [1.29, 1.82) is 0 Å². The highest BCUT2D eigenvalue weighted by molar-refractivity contribution is 5.69. The summed E-state index contributed by atoms with van der Waals surface area (Å²) in [5.41, 5.74) is 3.63. The Balaban J connectivity index is 3.04. The van der Waals surface area contributed by atoms with Gasteiger partial charge in [0, 0.05) is 12.1 Å². The number of carbonyl (C=O) groups is 1. The van der Waals surface area contributed by atoms with Crippen molar-refractivity contribution in [3.05, 3.63) is 34.9 Å². The number of aryl methyl sites for hydroxylation is 2. The second-order valence-electron chi connectivity index (χ2n) is 5.20. The second kappa shape index (κ2) is 6.01. The van der Waals surface area contributed by atoms with Crippen LogP contribution in [0, 0.1) is 13.8 Å². The number of rotatable bonds is 5. The van der Waals surface area contributed by atoms with Crippen molar-refractivity contribution in [3.8, 4) is 0 Å². The summed E-state index contributed by atoms with van der Waals surface area (Å²) in [6.07, 6.45) is 0. The molecule has 100 valence electrons.